The van der Waals surface area contributed by atoms with Crippen molar-refractivity contribution in [2.45, 2.75) is 47.1 Å². The van der Waals surface area contributed by atoms with Crippen molar-refractivity contribution in [2.24, 2.45) is 11.1 Å². The van der Waals surface area contributed by atoms with E-state index >= 15 is 0 Å². The van der Waals surface area contributed by atoms with Crippen LogP contribution in [0.2, 0.25) is 0 Å². The lowest BCUT2D eigenvalue weighted by Crippen LogP contribution is -2.10. The smallest absolute Gasteiger partial charge is 0.0178 e. The van der Waals surface area contributed by atoms with Crippen molar-refractivity contribution >= 4 is 5.57 Å². The van der Waals surface area contributed by atoms with E-state index in [2.05, 4.69) is 52.5 Å². The lowest BCUT2D eigenvalue weighted by atomic mass is 9.81. The van der Waals surface area contributed by atoms with Crippen LogP contribution in [-0.4, -0.2) is 0 Å². The number of allylic oxidation sites excluding steroid dienone is 1. The topological polar surface area (TPSA) is 26.0 Å². The van der Waals surface area contributed by atoms with Crippen molar-refractivity contribution in [1.29, 1.82) is 0 Å². The van der Waals surface area contributed by atoms with Crippen molar-refractivity contribution in [3.63, 3.8) is 0 Å². The molecule has 0 aromatic heterocycles. The zero-order valence-electron chi connectivity index (χ0n) is 11.6. The fraction of sp³-hybridized carbons (Fsp3) is 0.500. The molecule has 0 spiro atoms. The number of hydrogen-bond acceptors (Lipinski definition) is 1. The van der Waals surface area contributed by atoms with Crippen LogP contribution in [-0.2, 0) is 6.54 Å². The van der Waals surface area contributed by atoms with Gasteiger partial charge in [-0.1, -0.05) is 52.0 Å². The molecular formula is C16H25N. The Labute approximate surface area is 106 Å². The third kappa shape index (κ3) is 3.71. The Morgan fingerprint density at radius 1 is 1.35 bits per heavy atom. The Morgan fingerprint density at radius 2 is 2.00 bits per heavy atom. The third-order valence-corrected chi connectivity index (χ3v) is 3.56. The highest BCUT2D eigenvalue weighted by Crippen LogP contribution is 2.33. The van der Waals surface area contributed by atoms with Gasteiger partial charge in [-0.3, -0.25) is 0 Å². The van der Waals surface area contributed by atoms with Gasteiger partial charge >= 0.3 is 0 Å². The van der Waals surface area contributed by atoms with Gasteiger partial charge in [-0.05, 0) is 41.0 Å². The number of aryl methyl sites for hydroxylation is 1. The highest BCUT2D eigenvalue weighted by Gasteiger charge is 2.17. The van der Waals surface area contributed by atoms with Crippen LogP contribution in [0.5, 0.6) is 0 Å². The number of nitrogens with two attached hydrogens (primary N) is 1. The molecule has 0 atom stereocenters. The molecule has 0 unspecified atom stereocenters. The Balaban J connectivity index is 2.90. The Morgan fingerprint density at radius 3 is 2.47 bits per heavy atom. The maximum atomic E-state index is 5.65. The highest BCUT2D eigenvalue weighted by atomic mass is 14.5. The van der Waals surface area contributed by atoms with E-state index in [-0.39, 0.29) is 0 Å². The average Bonchev–Trinajstić information content (AvgIpc) is 2.28. The fourth-order valence-electron chi connectivity index (χ4n) is 2.05. The van der Waals surface area contributed by atoms with Gasteiger partial charge < -0.3 is 5.73 Å². The molecule has 1 heteroatoms. The minimum absolute atomic E-state index is 0.329. The Bertz CT molecular complexity index is 402. The maximum Gasteiger partial charge on any atom is 0.0178 e. The first kappa shape index (κ1) is 14.0. The van der Waals surface area contributed by atoms with Crippen LogP contribution < -0.4 is 5.73 Å². The molecule has 0 fully saturated rings. The lowest BCUT2D eigenvalue weighted by Gasteiger charge is -2.24. The van der Waals surface area contributed by atoms with Crippen LogP contribution in [0.4, 0.5) is 0 Å². The standard InChI is InChI=1S/C16H25N/c1-6-16(4,5)10-13(3)15-8-7-14(11-17)9-12(15)2/h7-9H,3,6,10-11,17H2,1-2,4-5H3. The van der Waals surface area contributed by atoms with E-state index in [0.29, 0.717) is 12.0 Å². The molecule has 0 aliphatic rings. The van der Waals surface area contributed by atoms with Gasteiger partial charge in [0, 0.05) is 6.54 Å². The predicted octanol–water partition coefficient (Wildman–Crippen LogP) is 4.29. The first-order valence-corrected chi connectivity index (χ1v) is 6.37. The summed E-state index contributed by atoms with van der Waals surface area (Å²) in [6.45, 7) is 13.8. The van der Waals surface area contributed by atoms with Crippen LogP contribution >= 0.6 is 0 Å². The van der Waals surface area contributed by atoms with Crippen molar-refractivity contribution in [2.75, 3.05) is 0 Å². The summed E-state index contributed by atoms with van der Waals surface area (Å²) in [5.41, 5.74) is 11.0. The van der Waals surface area contributed by atoms with Crippen LogP contribution in [0.3, 0.4) is 0 Å². The zero-order chi connectivity index (χ0) is 13.1. The van der Waals surface area contributed by atoms with Crippen molar-refractivity contribution in [3.8, 4) is 0 Å². The molecule has 1 aromatic carbocycles. The Hall–Kier alpha value is -1.08. The molecule has 0 amide bonds. The minimum atomic E-state index is 0.329. The molecule has 0 heterocycles. The van der Waals surface area contributed by atoms with E-state index in [1.807, 2.05) is 0 Å². The van der Waals surface area contributed by atoms with E-state index < -0.39 is 0 Å². The van der Waals surface area contributed by atoms with Crippen LogP contribution in [0, 0.1) is 12.3 Å². The quantitative estimate of drug-likeness (QED) is 0.803. The van der Waals surface area contributed by atoms with Crippen molar-refractivity contribution in [1.82, 2.24) is 0 Å². The molecular weight excluding hydrogens is 206 g/mol. The number of benzene rings is 1. The summed E-state index contributed by atoms with van der Waals surface area (Å²) < 4.78 is 0. The summed E-state index contributed by atoms with van der Waals surface area (Å²) in [6, 6.07) is 6.43. The van der Waals surface area contributed by atoms with E-state index in [1.54, 1.807) is 0 Å². The zero-order valence-corrected chi connectivity index (χ0v) is 11.6. The molecule has 1 nitrogen and oxygen atoms in total. The summed E-state index contributed by atoms with van der Waals surface area (Å²) in [7, 11) is 0. The van der Waals surface area contributed by atoms with E-state index in [4.69, 9.17) is 5.73 Å². The Kier molecular flexibility index (Phi) is 4.53. The van der Waals surface area contributed by atoms with Gasteiger partial charge in [-0.2, -0.15) is 0 Å². The first-order chi connectivity index (χ1) is 7.89. The number of rotatable bonds is 5. The van der Waals surface area contributed by atoms with Crippen molar-refractivity contribution < 1.29 is 0 Å². The molecule has 0 aliphatic carbocycles. The molecule has 1 rings (SSSR count). The summed E-state index contributed by atoms with van der Waals surface area (Å²) in [4.78, 5) is 0. The largest absolute Gasteiger partial charge is 0.326 e. The monoisotopic (exact) mass is 231 g/mol. The lowest BCUT2D eigenvalue weighted by molar-refractivity contribution is 0.362. The summed E-state index contributed by atoms with van der Waals surface area (Å²) in [6.07, 6.45) is 2.22. The molecule has 0 radical (unpaired) electrons. The second kappa shape index (κ2) is 5.50. The molecule has 94 valence electrons. The number of hydrogen-bond donors (Lipinski definition) is 1. The van der Waals surface area contributed by atoms with E-state index in [1.165, 1.54) is 28.7 Å². The SMILES string of the molecule is C=C(CC(C)(C)CC)c1ccc(CN)cc1C. The normalized spacial score (nSPS) is 11.6. The molecule has 17 heavy (non-hydrogen) atoms. The molecule has 2 N–H and O–H groups in total. The second-order valence-electron chi connectivity index (χ2n) is 5.65. The molecule has 0 saturated carbocycles. The van der Waals surface area contributed by atoms with E-state index in [9.17, 15) is 0 Å². The highest BCUT2D eigenvalue weighted by molar-refractivity contribution is 5.67. The maximum absolute atomic E-state index is 5.65. The molecule has 0 aliphatic heterocycles. The van der Waals surface area contributed by atoms with Gasteiger partial charge in [0.1, 0.15) is 0 Å². The minimum Gasteiger partial charge on any atom is -0.326 e. The van der Waals surface area contributed by atoms with Gasteiger partial charge in [0.15, 0.2) is 0 Å². The van der Waals surface area contributed by atoms with Gasteiger partial charge in [-0.25, -0.2) is 0 Å². The van der Waals surface area contributed by atoms with Gasteiger partial charge in [0.2, 0.25) is 0 Å². The van der Waals surface area contributed by atoms with Crippen molar-refractivity contribution in [3.05, 3.63) is 41.5 Å². The first-order valence-electron chi connectivity index (χ1n) is 6.37. The molecule has 1 aromatic rings. The molecule has 0 bridgehead atoms. The predicted molar refractivity (Wildman–Crippen MR) is 76.8 cm³/mol. The third-order valence-electron chi connectivity index (χ3n) is 3.56. The van der Waals surface area contributed by atoms with Gasteiger partial charge in [0.25, 0.3) is 0 Å². The molecule has 0 saturated heterocycles. The summed E-state index contributed by atoms with van der Waals surface area (Å²) in [5, 5.41) is 0. The van der Waals surface area contributed by atoms with Crippen LogP contribution in [0.1, 0.15) is 50.3 Å². The fourth-order valence-corrected chi connectivity index (χ4v) is 2.05. The summed E-state index contributed by atoms with van der Waals surface area (Å²) in [5.74, 6) is 0. The average molecular weight is 231 g/mol. The van der Waals surface area contributed by atoms with Gasteiger partial charge in [-0.15, -0.1) is 0 Å². The van der Waals surface area contributed by atoms with Gasteiger partial charge in [0.05, 0.1) is 0 Å². The summed E-state index contributed by atoms with van der Waals surface area (Å²) >= 11 is 0. The van der Waals surface area contributed by atoms with E-state index in [0.717, 1.165) is 6.42 Å². The second-order valence-corrected chi connectivity index (χ2v) is 5.65. The van der Waals surface area contributed by atoms with Crippen LogP contribution in [0.15, 0.2) is 24.8 Å². The van der Waals surface area contributed by atoms with Crippen LogP contribution in [0.25, 0.3) is 5.57 Å².